The van der Waals surface area contributed by atoms with Crippen LogP contribution in [0, 0.1) is 0 Å². The first-order valence-corrected chi connectivity index (χ1v) is 26.5. The topological polar surface area (TPSA) is 144 Å². The molecule has 7 aromatic rings. The van der Waals surface area contributed by atoms with Gasteiger partial charge in [0.25, 0.3) is 0 Å². The Balaban J connectivity index is 1.08. The molecule has 0 bridgehead atoms. The van der Waals surface area contributed by atoms with Crippen molar-refractivity contribution in [1.82, 2.24) is 0 Å². The zero-order valence-electron chi connectivity index (χ0n) is 41.9. The molecule has 2 aliphatic heterocycles. The molecule has 13 nitrogen and oxygen atoms in total. The van der Waals surface area contributed by atoms with E-state index in [2.05, 4.69) is 0 Å². The van der Waals surface area contributed by atoms with Gasteiger partial charge in [0.05, 0.1) is 56.3 Å². The summed E-state index contributed by atoms with van der Waals surface area (Å²) in [6.07, 6.45) is -7.99. The molecule has 2 fully saturated rings. The molecule has 0 N–H and O–H groups in total. The standard InChI is InChI=1S/C62H60O13S/c1-76-62-57(75-60(65)49-35-21-8-22-36-49)55(74-59(64)48-33-19-7-20-34-48)53(73-58(63)47-31-17-6-18-32-47)51(72-62)42-70-61-56(69-40-46-29-15-5-16-30-46)54(68-39-45-27-13-4-14-28-45)52(67-38-44-25-11-3-12-26-44)50(71-61)41-66-37-43-23-9-2-10-24-43/h2-36,50-57,61-62H,37-42H2,1H3/t50-,51-,52-,53-,54+,55+,56-,57-,61-,62+/m1/s1. The SMILES string of the molecule is CS[C@@H]1O[C@H](CO[C@@H]2O[C@H](COCc3ccccc3)[C@@H](OCc3ccccc3)[C@H](OCc3ccccc3)[C@H]2OCc2ccccc2)[C@@H](OC(=O)c2ccccc2)[C@H](OC(=O)c2ccccc2)[C@H]1OC(=O)c1ccccc1. The van der Waals surface area contributed by atoms with Crippen molar-refractivity contribution in [2.75, 3.05) is 19.5 Å². The van der Waals surface area contributed by atoms with Crippen LogP contribution in [0.15, 0.2) is 212 Å². The van der Waals surface area contributed by atoms with E-state index >= 15 is 0 Å². The highest BCUT2D eigenvalue weighted by Gasteiger charge is 2.54. The van der Waals surface area contributed by atoms with Crippen molar-refractivity contribution in [3.8, 4) is 0 Å². The van der Waals surface area contributed by atoms with E-state index in [-0.39, 0.29) is 49.7 Å². The zero-order chi connectivity index (χ0) is 52.3. The van der Waals surface area contributed by atoms with Crippen LogP contribution < -0.4 is 0 Å². The van der Waals surface area contributed by atoms with E-state index in [1.165, 1.54) is 11.8 Å². The van der Waals surface area contributed by atoms with Gasteiger partial charge in [-0.2, -0.15) is 0 Å². The molecule has 7 aromatic carbocycles. The second-order valence-corrected chi connectivity index (χ2v) is 19.1. The third-order valence-corrected chi connectivity index (χ3v) is 13.7. The zero-order valence-corrected chi connectivity index (χ0v) is 42.8. The van der Waals surface area contributed by atoms with E-state index in [1.807, 2.05) is 121 Å². The summed E-state index contributed by atoms with van der Waals surface area (Å²) >= 11 is 1.23. The van der Waals surface area contributed by atoms with Crippen LogP contribution in [0.2, 0.25) is 0 Å². The third kappa shape index (κ3) is 14.7. The molecule has 2 saturated heterocycles. The minimum Gasteiger partial charge on any atom is -0.452 e. The van der Waals surface area contributed by atoms with Crippen molar-refractivity contribution in [2.45, 2.75) is 87.0 Å². The van der Waals surface area contributed by atoms with E-state index in [9.17, 15) is 14.4 Å². The van der Waals surface area contributed by atoms with Gasteiger partial charge >= 0.3 is 17.9 Å². The number of ether oxygens (including phenoxy) is 10. The molecule has 0 aromatic heterocycles. The largest absolute Gasteiger partial charge is 0.452 e. The molecule has 0 radical (unpaired) electrons. The summed E-state index contributed by atoms with van der Waals surface area (Å²) in [5.41, 5.74) is 3.47. The van der Waals surface area contributed by atoms with Gasteiger partial charge in [0.15, 0.2) is 24.6 Å². The first-order valence-electron chi connectivity index (χ1n) is 25.2. The van der Waals surface area contributed by atoms with Crippen LogP contribution in [0.25, 0.3) is 0 Å². The first kappa shape index (κ1) is 53.8. The molecule has 9 rings (SSSR count). The van der Waals surface area contributed by atoms with Crippen molar-refractivity contribution in [3.63, 3.8) is 0 Å². The maximum atomic E-state index is 14.3. The molecular formula is C62H60O13S. The fourth-order valence-corrected chi connectivity index (χ4v) is 9.71. The van der Waals surface area contributed by atoms with Gasteiger partial charge in [-0.3, -0.25) is 0 Å². The number of hydrogen-bond acceptors (Lipinski definition) is 14. The van der Waals surface area contributed by atoms with Crippen molar-refractivity contribution in [1.29, 1.82) is 0 Å². The Kier molecular flexibility index (Phi) is 19.6. The van der Waals surface area contributed by atoms with Crippen LogP contribution in [0.1, 0.15) is 53.3 Å². The molecule has 0 aliphatic carbocycles. The van der Waals surface area contributed by atoms with Crippen LogP contribution in [0.3, 0.4) is 0 Å². The fraction of sp³-hybridized carbons (Fsp3) is 0.274. The van der Waals surface area contributed by atoms with Crippen molar-refractivity contribution in [3.05, 3.63) is 251 Å². The Labute approximate surface area is 447 Å². The number of carbonyl (C=O) groups is 3. The summed E-state index contributed by atoms with van der Waals surface area (Å²) in [6, 6.07) is 64.5. The summed E-state index contributed by atoms with van der Waals surface area (Å²) in [5, 5.41) is 0. The Morgan fingerprint density at radius 2 is 0.724 bits per heavy atom. The molecule has 0 unspecified atom stereocenters. The lowest BCUT2D eigenvalue weighted by Gasteiger charge is -2.47. The van der Waals surface area contributed by atoms with E-state index < -0.39 is 78.5 Å². The highest BCUT2D eigenvalue weighted by molar-refractivity contribution is 7.99. The van der Waals surface area contributed by atoms with E-state index in [4.69, 9.17) is 47.4 Å². The van der Waals surface area contributed by atoms with Gasteiger partial charge in [-0.1, -0.05) is 176 Å². The lowest BCUT2D eigenvalue weighted by molar-refractivity contribution is -0.335. The van der Waals surface area contributed by atoms with Crippen LogP contribution in [0.5, 0.6) is 0 Å². The average molecular weight is 1050 g/mol. The Morgan fingerprint density at radius 3 is 1.16 bits per heavy atom. The predicted octanol–water partition coefficient (Wildman–Crippen LogP) is 10.5. The second kappa shape index (κ2) is 27.7. The van der Waals surface area contributed by atoms with Gasteiger partial charge in [0.1, 0.15) is 36.0 Å². The number of rotatable bonds is 23. The highest BCUT2D eigenvalue weighted by Crippen LogP contribution is 2.37. The number of carbonyl (C=O) groups excluding carboxylic acids is 3. The van der Waals surface area contributed by atoms with Crippen LogP contribution >= 0.6 is 11.8 Å². The summed E-state index contributed by atoms with van der Waals surface area (Å²) in [7, 11) is 0. The van der Waals surface area contributed by atoms with E-state index in [0.717, 1.165) is 22.3 Å². The van der Waals surface area contributed by atoms with Crippen LogP contribution in [-0.4, -0.2) is 97.9 Å². The summed E-state index contributed by atoms with van der Waals surface area (Å²) < 4.78 is 66.8. The predicted molar refractivity (Wildman–Crippen MR) is 285 cm³/mol. The highest BCUT2D eigenvalue weighted by atomic mass is 32.2. The second-order valence-electron chi connectivity index (χ2n) is 18.1. The number of hydrogen-bond donors (Lipinski definition) is 0. The summed E-state index contributed by atoms with van der Waals surface area (Å²) in [4.78, 5) is 42.4. The molecule has 0 amide bonds. The van der Waals surface area contributed by atoms with E-state index in [1.54, 1.807) is 97.3 Å². The smallest absolute Gasteiger partial charge is 0.338 e. The Hall–Kier alpha value is -6.98. The van der Waals surface area contributed by atoms with Crippen molar-refractivity contribution < 1.29 is 61.8 Å². The lowest BCUT2D eigenvalue weighted by atomic mass is 9.97. The quantitative estimate of drug-likeness (QED) is 0.0443. The van der Waals surface area contributed by atoms with Crippen molar-refractivity contribution in [2.24, 2.45) is 0 Å². The monoisotopic (exact) mass is 1040 g/mol. The maximum Gasteiger partial charge on any atom is 0.338 e. The average Bonchev–Trinajstić information content (AvgIpc) is 3.48. The number of benzene rings is 7. The molecule has 392 valence electrons. The van der Waals surface area contributed by atoms with Gasteiger partial charge < -0.3 is 47.4 Å². The minimum absolute atomic E-state index is 0.0720. The number of thioether (sulfide) groups is 1. The fourth-order valence-electron chi connectivity index (χ4n) is 8.97. The molecule has 0 saturated carbocycles. The molecule has 2 aliphatic rings. The molecular weight excluding hydrogens is 985 g/mol. The normalized spacial score (nSPS) is 23.2. The lowest BCUT2D eigenvalue weighted by Crippen LogP contribution is -2.64. The van der Waals surface area contributed by atoms with Gasteiger partial charge in [0, 0.05) is 0 Å². The molecule has 0 spiro atoms. The Morgan fingerprint density at radius 1 is 0.368 bits per heavy atom. The minimum atomic E-state index is -1.42. The number of esters is 3. The molecule has 14 heteroatoms. The Bertz CT molecular complexity index is 2830. The van der Waals surface area contributed by atoms with Gasteiger partial charge in [-0.25, -0.2) is 14.4 Å². The maximum absolute atomic E-state index is 14.3. The van der Waals surface area contributed by atoms with E-state index in [0.29, 0.717) is 6.61 Å². The summed E-state index contributed by atoms with van der Waals surface area (Å²) in [6.45, 7) is 0.632. The third-order valence-electron chi connectivity index (χ3n) is 12.8. The molecule has 10 atom stereocenters. The van der Waals surface area contributed by atoms with Gasteiger partial charge in [0.2, 0.25) is 0 Å². The van der Waals surface area contributed by atoms with Crippen LogP contribution in [0.4, 0.5) is 0 Å². The molecule has 76 heavy (non-hydrogen) atoms. The van der Waals surface area contributed by atoms with Crippen molar-refractivity contribution >= 4 is 29.7 Å². The molecule has 2 heterocycles. The van der Waals surface area contributed by atoms with Crippen LogP contribution in [-0.2, 0) is 73.8 Å². The van der Waals surface area contributed by atoms with Gasteiger partial charge in [-0.15, -0.1) is 11.8 Å². The first-order chi connectivity index (χ1) is 37.4. The van der Waals surface area contributed by atoms with Gasteiger partial charge in [-0.05, 0) is 64.9 Å². The summed E-state index contributed by atoms with van der Waals surface area (Å²) in [5.74, 6) is -2.18.